The fraction of sp³-hybridized carbons (Fsp3) is 0.778. The van der Waals surface area contributed by atoms with Crippen LogP contribution in [0.5, 0.6) is 0 Å². The zero-order valence-corrected chi connectivity index (χ0v) is 7.72. The molecule has 0 spiro atoms. The SMILES string of the molecule is CC(=O)OC[C@H]1C(=O)CC1(C)C. The maximum absolute atomic E-state index is 11.1. The van der Waals surface area contributed by atoms with Crippen LogP contribution in [0.15, 0.2) is 0 Å². The first-order valence-corrected chi connectivity index (χ1v) is 4.09. The highest BCUT2D eigenvalue weighted by atomic mass is 16.5. The molecule has 1 fully saturated rings. The summed E-state index contributed by atoms with van der Waals surface area (Å²) < 4.78 is 4.79. The summed E-state index contributed by atoms with van der Waals surface area (Å²) in [5, 5.41) is 0. The highest BCUT2D eigenvalue weighted by molar-refractivity contribution is 5.89. The van der Waals surface area contributed by atoms with E-state index in [1.807, 2.05) is 13.8 Å². The Kier molecular flexibility index (Phi) is 2.22. The van der Waals surface area contributed by atoms with Gasteiger partial charge in [0.05, 0.1) is 5.92 Å². The highest BCUT2D eigenvalue weighted by Crippen LogP contribution is 2.42. The molecule has 0 aromatic carbocycles. The molecule has 12 heavy (non-hydrogen) atoms. The molecule has 0 unspecified atom stereocenters. The van der Waals surface area contributed by atoms with E-state index >= 15 is 0 Å². The molecule has 1 aliphatic carbocycles. The molecule has 1 aliphatic rings. The van der Waals surface area contributed by atoms with Crippen molar-refractivity contribution in [1.82, 2.24) is 0 Å². The van der Waals surface area contributed by atoms with E-state index in [4.69, 9.17) is 4.74 Å². The molecule has 0 amide bonds. The lowest BCUT2D eigenvalue weighted by molar-refractivity contribution is -0.153. The minimum absolute atomic E-state index is 0.0204. The summed E-state index contributed by atoms with van der Waals surface area (Å²) in [4.78, 5) is 21.5. The average Bonchev–Trinajstić information content (AvgIpc) is 1.84. The van der Waals surface area contributed by atoms with Gasteiger partial charge in [0, 0.05) is 13.3 Å². The Labute approximate surface area is 72.1 Å². The van der Waals surface area contributed by atoms with E-state index in [2.05, 4.69) is 0 Å². The normalized spacial score (nSPS) is 26.2. The second-order valence-corrected chi connectivity index (χ2v) is 3.99. The molecule has 1 rings (SSSR count). The third kappa shape index (κ3) is 1.65. The second kappa shape index (κ2) is 2.88. The van der Waals surface area contributed by atoms with E-state index in [1.54, 1.807) is 0 Å². The van der Waals surface area contributed by atoms with E-state index in [-0.39, 0.29) is 29.7 Å². The molecule has 0 aromatic rings. The van der Waals surface area contributed by atoms with Crippen LogP contribution >= 0.6 is 0 Å². The summed E-state index contributed by atoms with van der Waals surface area (Å²) in [7, 11) is 0. The van der Waals surface area contributed by atoms with Gasteiger partial charge in [-0.3, -0.25) is 9.59 Å². The number of carbonyl (C=O) groups excluding carboxylic acids is 2. The van der Waals surface area contributed by atoms with Gasteiger partial charge in [-0.15, -0.1) is 0 Å². The highest BCUT2D eigenvalue weighted by Gasteiger charge is 2.46. The molecule has 3 heteroatoms. The lowest BCUT2D eigenvalue weighted by Crippen LogP contribution is -2.47. The van der Waals surface area contributed by atoms with Crippen LogP contribution in [-0.2, 0) is 14.3 Å². The van der Waals surface area contributed by atoms with Gasteiger partial charge >= 0.3 is 5.97 Å². The van der Waals surface area contributed by atoms with Gasteiger partial charge in [0.15, 0.2) is 0 Å². The topological polar surface area (TPSA) is 43.4 Å². The Balaban J connectivity index is 2.41. The van der Waals surface area contributed by atoms with E-state index in [9.17, 15) is 9.59 Å². The van der Waals surface area contributed by atoms with Crippen molar-refractivity contribution in [1.29, 1.82) is 0 Å². The average molecular weight is 170 g/mol. The Morgan fingerprint density at radius 2 is 2.25 bits per heavy atom. The summed E-state index contributed by atoms with van der Waals surface area (Å²) in [6, 6.07) is 0. The van der Waals surface area contributed by atoms with Crippen molar-refractivity contribution in [3.05, 3.63) is 0 Å². The summed E-state index contributed by atoms with van der Waals surface area (Å²) in [6.45, 7) is 5.64. The molecule has 1 atom stereocenters. The third-order valence-electron chi connectivity index (χ3n) is 2.42. The number of ketones is 1. The molecule has 0 heterocycles. The van der Waals surface area contributed by atoms with E-state index in [0.717, 1.165) is 0 Å². The quantitative estimate of drug-likeness (QED) is 0.584. The second-order valence-electron chi connectivity index (χ2n) is 3.99. The zero-order valence-electron chi connectivity index (χ0n) is 7.72. The molecule has 0 radical (unpaired) electrons. The van der Waals surface area contributed by atoms with Crippen LogP contribution in [0.2, 0.25) is 0 Å². The summed E-state index contributed by atoms with van der Waals surface area (Å²) in [5.41, 5.74) is 0.0204. The zero-order chi connectivity index (χ0) is 9.35. The van der Waals surface area contributed by atoms with Crippen molar-refractivity contribution in [3.63, 3.8) is 0 Å². The van der Waals surface area contributed by atoms with Gasteiger partial charge in [-0.2, -0.15) is 0 Å². The van der Waals surface area contributed by atoms with Gasteiger partial charge in [0.1, 0.15) is 12.4 Å². The molecule has 1 saturated carbocycles. The third-order valence-corrected chi connectivity index (χ3v) is 2.42. The van der Waals surface area contributed by atoms with Crippen molar-refractivity contribution < 1.29 is 14.3 Å². The van der Waals surface area contributed by atoms with Gasteiger partial charge in [0.2, 0.25) is 0 Å². The molecule has 0 bridgehead atoms. The molecular weight excluding hydrogens is 156 g/mol. The van der Waals surface area contributed by atoms with Crippen molar-refractivity contribution in [3.8, 4) is 0 Å². The predicted octanol–water partition coefficient (Wildman–Crippen LogP) is 1.16. The maximum atomic E-state index is 11.1. The first-order valence-electron chi connectivity index (χ1n) is 4.09. The van der Waals surface area contributed by atoms with Crippen LogP contribution in [0.3, 0.4) is 0 Å². The molecule has 68 valence electrons. The van der Waals surface area contributed by atoms with E-state index in [1.165, 1.54) is 6.92 Å². The Hall–Kier alpha value is -0.860. The van der Waals surface area contributed by atoms with Crippen LogP contribution in [0.4, 0.5) is 0 Å². The minimum atomic E-state index is -0.314. The van der Waals surface area contributed by atoms with Gasteiger partial charge in [-0.25, -0.2) is 0 Å². The largest absolute Gasteiger partial charge is 0.465 e. The van der Waals surface area contributed by atoms with Gasteiger partial charge in [-0.1, -0.05) is 13.8 Å². The number of rotatable bonds is 2. The van der Waals surface area contributed by atoms with Crippen LogP contribution in [0, 0.1) is 11.3 Å². The monoisotopic (exact) mass is 170 g/mol. The maximum Gasteiger partial charge on any atom is 0.302 e. The molecule has 0 saturated heterocycles. The summed E-state index contributed by atoms with van der Waals surface area (Å²) in [5.74, 6) is -0.187. The predicted molar refractivity (Wildman–Crippen MR) is 43.5 cm³/mol. The number of Topliss-reactive ketones (excluding diaryl/α,β-unsaturated/α-hetero) is 1. The van der Waals surface area contributed by atoms with E-state index < -0.39 is 0 Å². The van der Waals surface area contributed by atoms with Crippen molar-refractivity contribution >= 4 is 11.8 Å². The molecule has 3 nitrogen and oxygen atoms in total. The number of esters is 1. The minimum Gasteiger partial charge on any atom is -0.465 e. The lowest BCUT2D eigenvalue weighted by atomic mass is 9.62. The van der Waals surface area contributed by atoms with Crippen LogP contribution in [0.25, 0.3) is 0 Å². The van der Waals surface area contributed by atoms with Crippen molar-refractivity contribution in [2.75, 3.05) is 6.61 Å². The van der Waals surface area contributed by atoms with Crippen LogP contribution < -0.4 is 0 Å². The standard InChI is InChI=1S/C9H14O3/c1-6(10)12-5-7-8(11)4-9(7,2)3/h7H,4-5H2,1-3H3/t7-/m0/s1. The van der Waals surface area contributed by atoms with Gasteiger partial charge in [0.25, 0.3) is 0 Å². The van der Waals surface area contributed by atoms with E-state index in [0.29, 0.717) is 6.42 Å². The fourth-order valence-electron chi connectivity index (χ4n) is 1.52. The summed E-state index contributed by atoms with van der Waals surface area (Å²) >= 11 is 0. The number of carbonyl (C=O) groups is 2. The Morgan fingerprint density at radius 1 is 1.67 bits per heavy atom. The van der Waals surface area contributed by atoms with Crippen LogP contribution in [-0.4, -0.2) is 18.4 Å². The van der Waals surface area contributed by atoms with Gasteiger partial charge < -0.3 is 4.74 Å². The van der Waals surface area contributed by atoms with Crippen LogP contribution in [0.1, 0.15) is 27.2 Å². The first kappa shape index (κ1) is 9.23. The van der Waals surface area contributed by atoms with Gasteiger partial charge in [-0.05, 0) is 5.41 Å². The fourth-order valence-corrected chi connectivity index (χ4v) is 1.52. The molecule has 0 aromatic heterocycles. The first-order chi connectivity index (χ1) is 5.43. The Morgan fingerprint density at radius 3 is 2.58 bits per heavy atom. The number of hydrogen-bond acceptors (Lipinski definition) is 3. The summed E-state index contributed by atoms with van der Waals surface area (Å²) in [6.07, 6.45) is 0.610. The molecule has 0 aliphatic heterocycles. The molecular formula is C9H14O3. The van der Waals surface area contributed by atoms with Crippen molar-refractivity contribution in [2.45, 2.75) is 27.2 Å². The number of hydrogen-bond donors (Lipinski definition) is 0. The molecule has 0 N–H and O–H groups in total. The number of ether oxygens (including phenoxy) is 1. The smallest absolute Gasteiger partial charge is 0.302 e. The lowest BCUT2D eigenvalue weighted by Gasteiger charge is -2.41. The Bertz CT molecular complexity index is 218. The van der Waals surface area contributed by atoms with Crippen molar-refractivity contribution in [2.24, 2.45) is 11.3 Å².